The van der Waals surface area contributed by atoms with E-state index in [0.717, 1.165) is 31.3 Å². The molecule has 0 saturated carbocycles. The van der Waals surface area contributed by atoms with Crippen LogP contribution < -0.4 is 0 Å². The Morgan fingerprint density at radius 3 is 2.65 bits per heavy atom. The molecule has 1 atom stereocenters. The zero-order valence-electron chi connectivity index (χ0n) is 12.4. The van der Waals surface area contributed by atoms with Crippen LogP contribution in [0.4, 0.5) is 4.39 Å². The third-order valence-electron chi connectivity index (χ3n) is 4.30. The summed E-state index contributed by atoms with van der Waals surface area (Å²) in [4.78, 5) is 14.4. The molecular formula is C17H24FNO. The first-order valence-corrected chi connectivity index (χ1v) is 7.57. The molecule has 1 fully saturated rings. The maximum Gasteiger partial charge on any atom is 0.162 e. The Hall–Kier alpha value is -1.22. The highest BCUT2D eigenvalue weighted by Crippen LogP contribution is 2.23. The van der Waals surface area contributed by atoms with E-state index in [4.69, 9.17) is 0 Å². The van der Waals surface area contributed by atoms with Crippen molar-refractivity contribution in [1.29, 1.82) is 0 Å². The summed E-state index contributed by atoms with van der Waals surface area (Å²) < 4.78 is 12.8. The van der Waals surface area contributed by atoms with Gasteiger partial charge in [-0.3, -0.25) is 4.79 Å². The average molecular weight is 277 g/mol. The van der Waals surface area contributed by atoms with Gasteiger partial charge in [-0.05, 0) is 62.0 Å². The molecule has 1 aromatic carbocycles. The van der Waals surface area contributed by atoms with E-state index in [9.17, 15) is 9.18 Å². The predicted molar refractivity (Wildman–Crippen MR) is 79.3 cm³/mol. The fraction of sp³-hybridized carbons (Fsp3) is 0.588. The van der Waals surface area contributed by atoms with Gasteiger partial charge in [0.1, 0.15) is 5.82 Å². The van der Waals surface area contributed by atoms with E-state index in [1.807, 2.05) is 0 Å². The van der Waals surface area contributed by atoms with E-state index < -0.39 is 0 Å². The van der Waals surface area contributed by atoms with Crippen LogP contribution in [0.5, 0.6) is 0 Å². The van der Waals surface area contributed by atoms with Gasteiger partial charge >= 0.3 is 0 Å². The fourth-order valence-electron chi connectivity index (χ4n) is 2.85. The molecule has 20 heavy (non-hydrogen) atoms. The van der Waals surface area contributed by atoms with Crippen molar-refractivity contribution in [2.45, 2.75) is 33.1 Å². The number of ketones is 1. The molecule has 2 nitrogen and oxygen atoms in total. The summed E-state index contributed by atoms with van der Waals surface area (Å²) in [6.45, 7) is 7.89. The molecular weight excluding hydrogens is 253 g/mol. The summed E-state index contributed by atoms with van der Waals surface area (Å²) >= 11 is 0. The predicted octanol–water partition coefficient (Wildman–Crippen LogP) is 3.77. The molecule has 0 spiro atoms. The van der Waals surface area contributed by atoms with Gasteiger partial charge in [-0.2, -0.15) is 0 Å². The van der Waals surface area contributed by atoms with Gasteiger partial charge in [0.2, 0.25) is 0 Å². The van der Waals surface area contributed by atoms with Crippen LogP contribution in [0, 0.1) is 17.7 Å². The zero-order chi connectivity index (χ0) is 14.5. The molecule has 3 heteroatoms. The summed E-state index contributed by atoms with van der Waals surface area (Å²) in [6, 6.07) is 5.84. The van der Waals surface area contributed by atoms with Crippen LogP contribution >= 0.6 is 0 Å². The number of carbonyl (C=O) groups is 1. The maximum atomic E-state index is 12.8. The lowest BCUT2D eigenvalue weighted by Gasteiger charge is -2.17. The largest absolute Gasteiger partial charge is 0.303 e. The Balaban J connectivity index is 1.71. The molecule has 1 unspecified atom stereocenters. The van der Waals surface area contributed by atoms with Gasteiger partial charge in [-0.25, -0.2) is 4.39 Å². The molecule has 0 amide bonds. The van der Waals surface area contributed by atoms with E-state index in [2.05, 4.69) is 18.7 Å². The summed E-state index contributed by atoms with van der Waals surface area (Å²) in [5.41, 5.74) is 0.618. The first-order valence-electron chi connectivity index (χ1n) is 7.57. The van der Waals surface area contributed by atoms with Gasteiger partial charge in [0.05, 0.1) is 0 Å². The van der Waals surface area contributed by atoms with E-state index >= 15 is 0 Å². The minimum Gasteiger partial charge on any atom is -0.303 e. The van der Waals surface area contributed by atoms with Gasteiger partial charge in [0.25, 0.3) is 0 Å². The summed E-state index contributed by atoms with van der Waals surface area (Å²) in [6.07, 6.45) is 2.72. The normalized spacial score (nSPS) is 19.7. The smallest absolute Gasteiger partial charge is 0.162 e. The first kappa shape index (κ1) is 15.2. The maximum absolute atomic E-state index is 12.8. The molecule has 1 aliphatic heterocycles. The molecule has 0 N–H and O–H groups in total. The molecule has 0 aliphatic carbocycles. The van der Waals surface area contributed by atoms with E-state index in [0.29, 0.717) is 12.0 Å². The quantitative estimate of drug-likeness (QED) is 0.738. The van der Waals surface area contributed by atoms with Crippen LogP contribution in [0.15, 0.2) is 24.3 Å². The molecule has 110 valence electrons. The third kappa shape index (κ3) is 4.14. The molecule has 0 bridgehead atoms. The number of Topliss-reactive ketones (excluding diaryl/α,β-unsaturated/α-hetero) is 1. The minimum absolute atomic E-state index is 0.115. The summed E-state index contributed by atoms with van der Waals surface area (Å²) in [7, 11) is 0. The van der Waals surface area contributed by atoms with E-state index in [-0.39, 0.29) is 11.6 Å². The highest BCUT2D eigenvalue weighted by Gasteiger charge is 2.24. The van der Waals surface area contributed by atoms with Gasteiger partial charge in [-0.1, -0.05) is 13.8 Å². The number of nitrogens with zero attached hydrogens (tertiary/aromatic N) is 1. The van der Waals surface area contributed by atoms with Gasteiger partial charge in [-0.15, -0.1) is 0 Å². The molecule has 0 radical (unpaired) electrons. The second-order valence-corrected chi connectivity index (χ2v) is 6.13. The number of benzene rings is 1. The molecule has 1 aliphatic rings. The number of hydrogen-bond acceptors (Lipinski definition) is 2. The van der Waals surface area contributed by atoms with Crippen molar-refractivity contribution in [3.63, 3.8) is 0 Å². The van der Waals surface area contributed by atoms with Crippen LogP contribution in [-0.2, 0) is 0 Å². The average Bonchev–Trinajstić information content (AvgIpc) is 2.88. The standard InChI is InChI=1S/C17H24FNO/c1-13(2)15-9-11-19(12-15)10-3-4-17(20)14-5-7-16(18)8-6-14/h5-8,13,15H,3-4,9-12H2,1-2H3. The van der Waals surface area contributed by atoms with Gasteiger partial charge in [0, 0.05) is 18.5 Å². The zero-order valence-corrected chi connectivity index (χ0v) is 12.4. The van der Waals surface area contributed by atoms with E-state index in [1.54, 1.807) is 12.1 Å². The van der Waals surface area contributed by atoms with Crippen molar-refractivity contribution < 1.29 is 9.18 Å². The summed E-state index contributed by atoms with van der Waals surface area (Å²) in [5, 5.41) is 0. The van der Waals surface area contributed by atoms with Crippen LogP contribution in [0.1, 0.15) is 43.5 Å². The number of hydrogen-bond donors (Lipinski definition) is 0. The first-order chi connectivity index (χ1) is 9.56. The van der Waals surface area contributed by atoms with Crippen LogP contribution in [0.3, 0.4) is 0 Å². The fourth-order valence-corrected chi connectivity index (χ4v) is 2.85. The molecule has 0 aromatic heterocycles. The second kappa shape index (κ2) is 6.98. The molecule has 1 saturated heterocycles. The van der Waals surface area contributed by atoms with Gasteiger partial charge in [0.15, 0.2) is 5.78 Å². The topological polar surface area (TPSA) is 20.3 Å². The molecule has 1 heterocycles. The Bertz CT molecular complexity index is 441. The minimum atomic E-state index is -0.293. The number of rotatable bonds is 6. The lowest BCUT2D eigenvalue weighted by Crippen LogP contribution is -2.23. The summed E-state index contributed by atoms with van der Waals surface area (Å²) in [5.74, 6) is 1.38. The molecule has 1 aromatic rings. The number of carbonyl (C=O) groups excluding carboxylic acids is 1. The third-order valence-corrected chi connectivity index (χ3v) is 4.30. The van der Waals surface area contributed by atoms with Crippen molar-refractivity contribution in [3.8, 4) is 0 Å². The van der Waals surface area contributed by atoms with E-state index in [1.165, 1.54) is 25.1 Å². The molecule has 2 rings (SSSR count). The Labute approximate surface area is 121 Å². The number of halogens is 1. The lowest BCUT2D eigenvalue weighted by molar-refractivity contribution is 0.0975. The Morgan fingerprint density at radius 2 is 2.05 bits per heavy atom. The van der Waals surface area contributed by atoms with Crippen molar-refractivity contribution in [2.75, 3.05) is 19.6 Å². The second-order valence-electron chi connectivity index (χ2n) is 6.13. The monoisotopic (exact) mass is 277 g/mol. The van der Waals surface area contributed by atoms with Crippen LogP contribution in [0.25, 0.3) is 0 Å². The van der Waals surface area contributed by atoms with Crippen molar-refractivity contribution in [1.82, 2.24) is 4.90 Å². The Kier molecular flexibility index (Phi) is 5.30. The van der Waals surface area contributed by atoms with Crippen molar-refractivity contribution >= 4 is 5.78 Å². The van der Waals surface area contributed by atoms with Crippen molar-refractivity contribution in [2.24, 2.45) is 11.8 Å². The van der Waals surface area contributed by atoms with Crippen molar-refractivity contribution in [3.05, 3.63) is 35.6 Å². The Morgan fingerprint density at radius 1 is 1.35 bits per heavy atom. The van der Waals surface area contributed by atoms with Gasteiger partial charge < -0.3 is 4.90 Å². The van der Waals surface area contributed by atoms with Crippen LogP contribution in [-0.4, -0.2) is 30.3 Å². The highest BCUT2D eigenvalue weighted by molar-refractivity contribution is 5.95. The number of likely N-dealkylation sites (tertiary alicyclic amines) is 1. The lowest BCUT2D eigenvalue weighted by atomic mass is 9.95. The SMILES string of the molecule is CC(C)C1CCN(CCCC(=O)c2ccc(F)cc2)C1. The van der Waals surface area contributed by atoms with Crippen LogP contribution in [0.2, 0.25) is 0 Å². The highest BCUT2D eigenvalue weighted by atomic mass is 19.1.